The van der Waals surface area contributed by atoms with Gasteiger partial charge in [-0.1, -0.05) is 35.9 Å². The summed E-state index contributed by atoms with van der Waals surface area (Å²) in [5.41, 5.74) is 2.33. The summed E-state index contributed by atoms with van der Waals surface area (Å²) in [6.07, 6.45) is 2.51. The highest BCUT2D eigenvalue weighted by Gasteiger charge is 2.14. The van der Waals surface area contributed by atoms with Crippen LogP contribution in [-0.4, -0.2) is 45.5 Å². The Hall–Kier alpha value is -2.42. The van der Waals surface area contributed by atoms with Crippen LogP contribution in [0.15, 0.2) is 58.5 Å². The molecule has 0 aliphatic heterocycles. The third-order valence-corrected chi connectivity index (χ3v) is 6.38. The number of thiophene rings is 1. The molecule has 0 spiro atoms. The maximum Gasteiger partial charge on any atom is 0.263 e. The summed E-state index contributed by atoms with van der Waals surface area (Å²) in [6.45, 7) is 1.33. The first-order valence-corrected chi connectivity index (χ1v) is 11.4. The van der Waals surface area contributed by atoms with Gasteiger partial charge >= 0.3 is 0 Å². The molecule has 6 nitrogen and oxygen atoms in total. The van der Waals surface area contributed by atoms with E-state index < -0.39 is 0 Å². The topological polar surface area (TPSA) is 62.5 Å². The lowest BCUT2D eigenvalue weighted by atomic mass is 10.1. The molecule has 3 heterocycles. The molecule has 3 aromatic heterocycles. The van der Waals surface area contributed by atoms with Gasteiger partial charge in [-0.05, 0) is 39.9 Å². The zero-order valence-corrected chi connectivity index (χ0v) is 19.3. The van der Waals surface area contributed by atoms with Crippen LogP contribution in [0.5, 0.6) is 0 Å². The van der Waals surface area contributed by atoms with E-state index in [9.17, 15) is 4.79 Å². The van der Waals surface area contributed by atoms with Crippen molar-refractivity contribution in [1.29, 1.82) is 0 Å². The van der Waals surface area contributed by atoms with Crippen LogP contribution in [0.3, 0.4) is 0 Å². The third-order valence-electron chi connectivity index (χ3n) is 4.63. The van der Waals surface area contributed by atoms with E-state index in [-0.39, 0.29) is 5.91 Å². The van der Waals surface area contributed by atoms with Gasteiger partial charge in [0.1, 0.15) is 5.82 Å². The molecule has 154 valence electrons. The van der Waals surface area contributed by atoms with Crippen LogP contribution in [0.2, 0.25) is 5.02 Å². The smallest absolute Gasteiger partial charge is 0.263 e. The van der Waals surface area contributed by atoms with E-state index in [1.54, 1.807) is 15.6 Å². The second kappa shape index (κ2) is 9.16. The van der Waals surface area contributed by atoms with E-state index in [0.29, 0.717) is 23.8 Å². The number of carbonyl (C=O) groups is 1. The molecule has 4 rings (SSSR count). The minimum absolute atomic E-state index is 0.0494. The van der Waals surface area contributed by atoms with Gasteiger partial charge in [-0.25, -0.2) is 4.98 Å². The van der Waals surface area contributed by atoms with E-state index in [1.165, 1.54) is 11.3 Å². The molecule has 0 bridgehead atoms. The lowest BCUT2D eigenvalue weighted by Crippen LogP contribution is -2.28. The first-order valence-electron chi connectivity index (χ1n) is 9.36. The maximum atomic E-state index is 12.4. The van der Waals surface area contributed by atoms with Crippen LogP contribution < -0.4 is 5.32 Å². The number of aromatic nitrogens is 3. The Kier molecular flexibility index (Phi) is 6.36. The number of hydrogen-bond donors (Lipinski definition) is 1. The summed E-state index contributed by atoms with van der Waals surface area (Å²) in [5.74, 6) is 0.862. The molecule has 0 fully saturated rings. The first kappa shape index (κ1) is 20.8. The van der Waals surface area contributed by atoms with Crippen molar-refractivity contribution in [1.82, 2.24) is 19.5 Å². The lowest BCUT2D eigenvalue weighted by Gasteiger charge is -2.17. The van der Waals surface area contributed by atoms with Crippen molar-refractivity contribution >= 4 is 56.2 Å². The second-order valence-electron chi connectivity index (χ2n) is 6.72. The molecule has 0 radical (unpaired) electrons. The molecule has 4 aromatic rings. The number of rotatable bonds is 7. The van der Waals surface area contributed by atoms with Crippen LogP contribution in [-0.2, 0) is 0 Å². The number of fused-ring (bicyclic) bond motifs is 1. The molecule has 0 aliphatic carbocycles. The van der Waals surface area contributed by atoms with Gasteiger partial charge in [-0.2, -0.15) is 9.61 Å². The highest BCUT2D eigenvalue weighted by atomic mass is 79.9. The van der Waals surface area contributed by atoms with Gasteiger partial charge in [0.15, 0.2) is 5.65 Å². The number of nitrogens with zero attached hydrogens (tertiary/aromatic N) is 4. The lowest BCUT2D eigenvalue weighted by molar-refractivity contribution is 0.0799. The van der Waals surface area contributed by atoms with Gasteiger partial charge in [0.05, 0.1) is 21.2 Å². The number of halogens is 2. The molecule has 0 aliphatic rings. The van der Waals surface area contributed by atoms with Crippen LogP contribution in [0, 0.1) is 0 Å². The Balaban J connectivity index is 1.48. The Bertz CT molecular complexity index is 1180. The van der Waals surface area contributed by atoms with Crippen molar-refractivity contribution in [3.63, 3.8) is 0 Å². The van der Waals surface area contributed by atoms with Crippen molar-refractivity contribution in [2.24, 2.45) is 0 Å². The SMILES string of the molecule is CN(CCCNc1cc(-c2ccccc2Cl)nc2c(Br)cnn12)C(=O)c1cccs1. The zero-order chi connectivity index (χ0) is 21.1. The number of hydrogen-bond acceptors (Lipinski definition) is 5. The van der Waals surface area contributed by atoms with E-state index in [1.807, 2.05) is 54.9 Å². The van der Waals surface area contributed by atoms with Gasteiger partial charge < -0.3 is 10.2 Å². The number of anilines is 1. The summed E-state index contributed by atoms with van der Waals surface area (Å²) >= 11 is 11.3. The maximum absolute atomic E-state index is 12.4. The Morgan fingerprint density at radius 3 is 2.90 bits per heavy atom. The van der Waals surface area contributed by atoms with Crippen molar-refractivity contribution in [3.8, 4) is 11.3 Å². The van der Waals surface area contributed by atoms with Crippen LogP contribution in [0.1, 0.15) is 16.1 Å². The third kappa shape index (κ3) is 4.35. The van der Waals surface area contributed by atoms with Gasteiger partial charge in [-0.15, -0.1) is 11.3 Å². The normalized spacial score (nSPS) is 11.0. The van der Waals surface area contributed by atoms with Crippen LogP contribution in [0.25, 0.3) is 16.9 Å². The van der Waals surface area contributed by atoms with Crippen molar-refractivity contribution in [2.75, 3.05) is 25.5 Å². The van der Waals surface area contributed by atoms with Gasteiger partial charge in [0, 0.05) is 36.8 Å². The summed E-state index contributed by atoms with van der Waals surface area (Å²) in [5, 5.41) is 10.4. The molecule has 0 unspecified atom stereocenters. The molecule has 1 amide bonds. The average Bonchev–Trinajstić information content (AvgIpc) is 3.41. The number of benzene rings is 1. The number of amides is 1. The largest absolute Gasteiger partial charge is 0.370 e. The summed E-state index contributed by atoms with van der Waals surface area (Å²) in [6, 6.07) is 13.3. The molecular weight excluding hydrogens is 486 g/mol. The molecule has 1 aromatic carbocycles. The molecule has 0 saturated carbocycles. The van der Waals surface area contributed by atoms with Gasteiger partial charge in [0.2, 0.25) is 0 Å². The monoisotopic (exact) mass is 503 g/mol. The van der Waals surface area contributed by atoms with Gasteiger partial charge in [0.25, 0.3) is 5.91 Å². The summed E-state index contributed by atoms with van der Waals surface area (Å²) in [7, 11) is 1.83. The van der Waals surface area contributed by atoms with E-state index in [4.69, 9.17) is 16.6 Å². The summed E-state index contributed by atoms with van der Waals surface area (Å²) < 4.78 is 2.56. The Morgan fingerprint density at radius 1 is 1.30 bits per heavy atom. The number of nitrogens with one attached hydrogen (secondary N) is 1. The fourth-order valence-electron chi connectivity index (χ4n) is 3.09. The predicted octanol–water partition coefficient (Wildman–Crippen LogP) is 5.45. The van der Waals surface area contributed by atoms with E-state index >= 15 is 0 Å². The predicted molar refractivity (Wildman–Crippen MR) is 126 cm³/mol. The highest BCUT2D eigenvalue weighted by molar-refractivity contribution is 9.10. The quantitative estimate of drug-likeness (QED) is 0.340. The van der Waals surface area contributed by atoms with Gasteiger partial charge in [-0.3, -0.25) is 4.79 Å². The molecule has 0 saturated heterocycles. The molecule has 30 heavy (non-hydrogen) atoms. The van der Waals surface area contributed by atoms with Crippen LogP contribution >= 0.6 is 38.9 Å². The highest BCUT2D eigenvalue weighted by Crippen LogP contribution is 2.30. The fourth-order valence-corrected chi connectivity index (χ4v) is 4.39. The standard InChI is InChI=1S/C21H19BrClN5OS/c1-27(21(29)18-8-4-11-30-18)10-5-9-24-19-12-17(14-6-2-3-7-16(14)23)26-20-15(22)13-25-28(19)20/h2-4,6-8,11-13,24H,5,9-10H2,1H3. The molecule has 1 N–H and O–H groups in total. The van der Waals surface area contributed by atoms with Crippen molar-refractivity contribution in [2.45, 2.75) is 6.42 Å². The molecule has 0 atom stereocenters. The van der Waals surface area contributed by atoms with Crippen LogP contribution in [0.4, 0.5) is 5.82 Å². The minimum atomic E-state index is 0.0494. The minimum Gasteiger partial charge on any atom is -0.370 e. The van der Waals surface area contributed by atoms with E-state index in [2.05, 4.69) is 26.3 Å². The first-order chi connectivity index (χ1) is 14.5. The second-order valence-corrected chi connectivity index (χ2v) is 8.93. The van der Waals surface area contributed by atoms with E-state index in [0.717, 1.165) is 32.8 Å². The zero-order valence-electron chi connectivity index (χ0n) is 16.2. The average molecular weight is 505 g/mol. The molecule has 9 heteroatoms. The summed E-state index contributed by atoms with van der Waals surface area (Å²) in [4.78, 5) is 19.6. The fraction of sp³-hybridized carbons (Fsp3) is 0.190. The molecular formula is C21H19BrClN5OS. The Labute approximate surface area is 191 Å². The number of carbonyl (C=O) groups excluding carboxylic acids is 1. The van der Waals surface area contributed by atoms with Crippen molar-refractivity contribution in [3.05, 3.63) is 68.4 Å². The Morgan fingerprint density at radius 2 is 2.13 bits per heavy atom. The van der Waals surface area contributed by atoms with Crippen molar-refractivity contribution < 1.29 is 4.79 Å².